The summed E-state index contributed by atoms with van der Waals surface area (Å²) in [6.07, 6.45) is 4.92. The van der Waals surface area contributed by atoms with Crippen LogP contribution in [-0.4, -0.2) is 30.1 Å². The van der Waals surface area contributed by atoms with Gasteiger partial charge in [0.25, 0.3) is 5.56 Å². The van der Waals surface area contributed by atoms with E-state index in [0.717, 1.165) is 31.7 Å². The third-order valence-electron chi connectivity index (χ3n) is 5.30. The predicted octanol–water partition coefficient (Wildman–Crippen LogP) is 2.22. The first-order valence-corrected chi connectivity index (χ1v) is 8.06. The Morgan fingerprint density at radius 3 is 2.65 bits per heavy atom. The van der Waals surface area contributed by atoms with Crippen molar-refractivity contribution in [2.24, 2.45) is 5.41 Å². The van der Waals surface area contributed by atoms with Gasteiger partial charge in [-0.05, 0) is 43.2 Å². The number of rotatable bonds is 2. The van der Waals surface area contributed by atoms with E-state index in [4.69, 9.17) is 0 Å². The Kier molecular flexibility index (Phi) is 3.05. The Morgan fingerprint density at radius 2 is 2.04 bits per heavy atom. The molecule has 2 aliphatic rings. The maximum Gasteiger partial charge on any atom is 0.268 e. The molecule has 1 spiro atoms. The van der Waals surface area contributed by atoms with Crippen molar-refractivity contribution < 1.29 is 0 Å². The quantitative estimate of drug-likeness (QED) is 0.888. The molecule has 6 nitrogen and oxygen atoms in total. The molecule has 0 radical (unpaired) electrons. The van der Waals surface area contributed by atoms with E-state index in [1.54, 1.807) is 0 Å². The Labute approximate surface area is 134 Å². The number of anilines is 2. The van der Waals surface area contributed by atoms with Gasteiger partial charge in [-0.1, -0.05) is 0 Å². The number of H-pyrrole nitrogens is 1. The largest absolute Gasteiger partial charge is 0.373 e. The summed E-state index contributed by atoms with van der Waals surface area (Å²) < 4.78 is 0. The van der Waals surface area contributed by atoms with Crippen molar-refractivity contribution in [3.8, 4) is 6.07 Å². The fraction of sp³-hybridized carbons (Fsp3) is 0.471. The van der Waals surface area contributed by atoms with Crippen LogP contribution in [0.5, 0.6) is 0 Å². The zero-order valence-electron chi connectivity index (χ0n) is 13.1. The minimum atomic E-state index is -0.333. The molecule has 1 saturated heterocycles. The number of aromatic amines is 1. The average Bonchev–Trinajstić information content (AvgIpc) is 3.33. The Balaban J connectivity index is 1.88. The zero-order chi connectivity index (χ0) is 16.0. The van der Waals surface area contributed by atoms with Gasteiger partial charge in [0.05, 0.1) is 11.2 Å². The molecule has 23 heavy (non-hydrogen) atoms. The maximum absolute atomic E-state index is 12.3. The summed E-state index contributed by atoms with van der Waals surface area (Å²) >= 11 is 0. The molecule has 1 saturated carbocycles. The van der Waals surface area contributed by atoms with Crippen molar-refractivity contribution in [1.29, 1.82) is 5.26 Å². The third-order valence-corrected chi connectivity index (χ3v) is 5.30. The first kappa shape index (κ1) is 14.1. The van der Waals surface area contributed by atoms with Crippen LogP contribution in [0.2, 0.25) is 0 Å². The van der Waals surface area contributed by atoms with E-state index in [1.807, 2.05) is 19.2 Å². The second kappa shape index (κ2) is 4.98. The maximum atomic E-state index is 12.3. The van der Waals surface area contributed by atoms with E-state index < -0.39 is 0 Å². The number of piperidine rings is 1. The highest BCUT2D eigenvalue weighted by Crippen LogP contribution is 2.54. The van der Waals surface area contributed by atoms with E-state index in [-0.39, 0.29) is 11.1 Å². The van der Waals surface area contributed by atoms with E-state index in [0.29, 0.717) is 22.1 Å². The molecular weight excluding hydrogens is 290 g/mol. The number of aromatic nitrogens is 2. The van der Waals surface area contributed by atoms with Crippen LogP contribution in [0.3, 0.4) is 0 Å². The van der Waals surface area contributed by atoms with Crippen LogP contribution in [0.1, 0.15) is 31.2 Å². The molecule has 2 aromatic heterocycles. The molecule has 0 bridgehead atoms. The molecule has 6 heteroatoms. The lowest BCUT2D eigenvalue weighted by molar-refractivity contribution is 0.384. The van der Waals surface area contributed by atoms with Gasteiger partial charge in [0, 0.05) is 20.1 Å². The van der Waals surface area contributed by atoms with Gasteiger partial charge in [-0.2, -0.15) is 5.26 Å². The van der Waals surface area contributed by atoms with Crippen LogP contribution in [0.15, 0.2) is 16.9 Å². The molecular formula is C17H19N5O. The van der Waals surface area contributed by atoms with Gasteiger partial charge in [-0.15, -0.1) is 0 Å². The van der Waals surface area contributed by atoms with Gasteiger partial charge in [0.1, 0.15) is 23.0 Å². The van der Waals surface area contributed by atoms with Crippen molar-refractivity contribution in [2.45, 2.75) is 25.7 Å². The van der Waals surface area contributed by atoms with Gasteiger partial charge < -0.3 is 15.2 Å². The van der Waals surface area contributed by atoms with Gasteiger partial charge in [-0.25, -0.2) is 4.98 Å². The highest BCUT2D eigenvalue weighted by Gasteiger charge is 2.44. The molecule has 1 aliphatic heterocycles. The molecule has 0 unspecified atom stereocenters. The molecule has 118 valence electrons. The standard InChI is InChI=1S/C17H19N5O/c1-19-13-3-2-12-14(21-13)15(11(10-18)16(23)20-12)22-8-6-17(4-5-17)7-9-22/h2-3H,4-9H2,1H3,(H,19,21)(H,20,23). The topological polar surface area (TPSA) is 84.8 Å². The zero-order valence-corrected chi connectivity index (χ0v) is 13.1. The molecule has 0 atom stereocenters. The Bertz CT molecular complexity index is 865. The SMILES string of the molecule is CNc1ccc2[nH]c(=O)c(C#N)c(N3CCC4(CC3)CC4)c2n1. The number of hydrogen-bond donors (Lipinski definition) is 2. The van der Waals surface area contributed by atoms with Gasteiger partial charge >= 0.3 is 0 Å². The number of pyridine rings is 2. The van der Waals surface area contributed by atoms with Crippen molar-refractivity contribution in [3.63, 3.8) is 0 Å². The minimum Gasteiger partial charge on any atom is -0.373 e. The number of nitrogens with zero attached hydrogens (tertiary/aromatic N) is 3. The van der Waals surface area contributed by atoms with Crippen LogP contribution in [0, 0.1) is 16.7 Å². The molecule has 0 amide bonds. The second-order valence-electron chi connectivity index (χ2n) is 6.62. The summed E-state index contributed by atoms with van der Waals surface area (Å²) in [6, 6.07) is 5.74. The second-order valence-corrected chi connectivity index (χ2v) is 6.62. The number of nitrogens with one attached hydrogen (secondary N) is 2. The molecule has 2 N–H and O–H groups in total. The third kappa shape index (κ3) is 2.24. The molecule has 4 rings (SSSR count). The van der Waals surface area contributed by atoms with E-state index in [1.165, 1.54) is 12.8 Å². The number of hydrogen-bond acceptors (Lipinski definition) is 5. The minimum absolute atomic E-state index is 0.171. The smallest absolute Gasteiger partial charge is 0.268 e. The first-order valence-electron chi connectivity index (χ1n) is 8.06. The van der Waals surface area contributed by atoms with Crippen molar-refractivity contribution in [1.82, 2.24) is 9.97 Å². The first-order chi connectivity index (χ1) is 11.2. The van der Waals surface area contributed by atoms with Crippen LogP contribution in [0.4, 0.5) is 11.5 Å². The lowest BCUT2D eigenvalue weighted by atomic mass is 9.93. The Morgan fingerprint density at radius 1 is 1.30 bits per heavy atom. The fourth-order valence-electron chi connectivity index (χ4n) is 3.58. The summed E-state index contributed by atoms with van der Waals surface area (Å²) in [6.45, 7) is 1.78. The van der Waals surface area contributed by atoms with Crippen LogP contribution < -0.4 is 15.8 Å². The molecule has 3 heterocycles. The van der Waals surface area contributed by atoms with E-state index >= 15 is 0 Å². The van der Waals surface area contributed by atoms with E-state index in [2.05, 4.69) is 26.3 Å². The predicted molar refractivity (Wildman–Crippen MR) is 89.7 cm³/mol. The summed E-state index contributed by atoms with van der Waals surface area (Å²) in [5, 5.41) is 12.5. The lowest BCUT2D eigenvalue weighted by Gasteiger charge is -2.34. The monoisotopic (exact) mass is 309 g/mol. The summed E-state index contributed by atoms with van der Waals surface area (Å²) in [5.74, 6) is 0.727. The van der Waals surface area contributed by atoms with Crippen LogP contribution in [0.25, 0.3) is 11.0 Å². The molecule has 2 fully saturated rings. The van der Waals surface area contributed by atoms with Gasteiger partial charge in [0.2, 0.25) is 0 Å². The van der Waals surface area contributed by atoms with Crippen molar-refractivity contribution >= 4 is 22.5 Å². The van der Waals surface area contributed by atoms with Crippen LogP contribution >= 0.6 is 0 Å². The van der Waals surface area contributed by atoms with E-state index in [9.17, 15) is 10.1 Å². The highest BCUT2D eigenvalue weighted by molar-refractivity contribution is 5.92. The highest BCUT2D eigenvalue weighted by atomic mass is 16.1. The van der Waals surface area contributed by atoms with Gasteiger partial charge in [0.15, 0.2) is 0 Å². The fourth-order valence-corrected chi connectivity index (χ4v) is 3.58. The number of fused-ring (bicyclic) bond motifs is 1. The molecule has 2 aromatic rings. The summed E-state index contributed by atoms with van der Waals surface area (Å²) in [4.78, 5) is 21.8. The molecule has 1 aliphatic carbocycles. The van der Waals surface area contributed by atoms with Crippen molar-refractivity contribution in [2.75, 3.05) is 30.4 Å². The number of nitriles is 1. The van der Waals surface area contributed by atoms with Crippen LogP contribution in [-0.2, 0) is 0 Å². The average molecular weight is 309 g/mol. The van der Waals surface area contributed by atoms with Gasteiger partial charge in [-0.3, -0.25) is 4.79 Å². The summed E-state index contributed by atoms with van der Waals surface area (Å²) in [5.41, 5.74) is 2.45. The normalized spacial score (nSPS) is 18.9. The van der Waals surface area contributed by atoms with Crippen molar-refractivity contribution in [3.05, 3.63) is 28.0 Å². The Hall–Kier alpha value is -2.55. The summed E-state index contributed by atoms with van der Waals surface area (Å²) in [7, 11) is 1.81. The molecule has 0 aromatic carbocycles. The lowest BCUT2D eigenvalue weighted by Crippen LogP contribution is -2.36.